The van der Waals surface area contributed by atoms with Gasteiger partial charge in [0.15, 0.2) is 5.78 Å². The molecule has 0 bridgehead atoms. The molecule has 0 fully saturated rings. The van der Waals surface area contributed by atoms with Crippen molar-refractivity contribution in [3.63, 3.8) is 0 Å². The van der Waals surface area contributed by atoms with Gasteiger partial charge in [-0.05, 0) is 41.1 Å². The first-order valence-electron chi connectivity index (χ1n) is 4.68. The Labute approximate surface area is 98.7 Å². The third kappa shape index (κ3) is 2.93. The first-order chi connectivity index (χ1) is 7.06. The summed E-state index contributed by atoms with van der Waals surface area (Å²) in [6.07, 6.45) is 1.84. The van der Waals surface area contributed by atoms with Crippen LogP contribution in [-0.4, -0.2) is 19.4 Å². The molecule has 0 radical (unpaired) electrons. The maximum Gasteiger partial charge on any atom is 0.159 e. The summed E-state index contributed by atoms with van der Waals surface area (Å²) in [6, 6.07) is 5.61. The summed E-state index contributed by atoms with van der Waals surface area (Å²) >= 11 is 3.46. The zero-order valence-corrected chi connectivity index (χ0v) is 10.5. The highest BCUT2D eigenvalue weighted by Gasteiger charge is 2.07. The van der Waals surface area contributed by atoms with Gasteiger partial charge in [0.05, 0.1) is 5.69 Å². The molecule has 0 aliphatic carbocycles. The fraction of sp³-hybridized carbons (Fsp3) is 0.250. The van der Waals surface area contributed by atoms with Crippen LogP contribution in [0.1, 0.15) is 17.3 Å². The van der Waals surface area contributed by atoms with Gasteiger partial charge in [-0.2, -0.15) is 0 Å². The fourth-order valence-corrected chi connectivity index (χ4v) is 2.01. The summed E-state index contributed by atoms with van der Waals surface area (Å²) in [5, 5.41) is 0. The Kier molecular flexibility index (Phi) is 4.09. The third-order valence-electron chi connectivity index (χ3n) is 2.17. The maximum atomic E-state index is 11.2. The molecule has 0 saturated heterocycles. The molecule has 0 aliphatic heterocycles. The number of nitrogens with zero attached hydrogens (tertiary/aromatic N) is 1. The molecule has 2 nitrogen and oxygen atoms in total. The zero-order chi connectivity index (χ0) is 11.4. The molecule has 1 aromatic carbocycles. The minimum Gasteiger partial charge on any atom is -0.370 e. The van der Waals surface area contributed by atoms with Crippen LogP contribution in [0.5, 0.6) is 0 Å². The molecule has 1 aromatic rings. The first kappa shape index (κ1) is 12.0. The Morgan fingerprint density at radius 1 is 1.60 bits per heavy atom. The molecular weight excluding hydrogens is 254 g/mol. The summed E-state index contributed by atoms with van der Waals surface area (Å²) in [5.41, 5.74) is 1.78. The van der Waals surface area contributed by atoms with E-state index >= 15 is 0 Å². The summed E-state index contributed by atoms with van der Waals surface area (Å²) in [5.74, 6) is 0.0774. The van der Waals surface area contributed by atoms with Gasteiger partial charge in [-0.1, -0.05) is 6.08 Å². The molecule has 0 N–H and O–H groups in total. The number of carbonyl (C=O) groups excluding carboxylic acids is 1. The van der Waals surface area contributed by atoms with Crippen LogP contribution < -0.4 is 4.90 Å². The molecule has 1 rings (SSSR count). The molecule has 3 heteroatoms. The van der Waals surface area contributed by atoms with Crippen molar-refractivity contribution in [1.82, 2.24) is 0 Å². The van der Waals surface area contributed by atoms with E-state index in [1.165, 1.54) is 0 Å². The average molecular weight is 268 g/mol. The normalized spacial score (nSPS) is 9.80. The van der Waals surface area contributed by atoms with Gasteiger partial charge in [0.25, 0.3) is 0 Å². The molecule has 15 heavy (non-hydrogen) atoms. The second-order valence-electron chi connectivity index (χ2n) is 3.39. The smallest absolute Gasteiger partial charge is 0.159 e. The lowest BCUT2D eigenvalue weighted by molar-refractivity contribution is 0.101. The van der Waals surface area contributed by atoms with E-state index in [1.54, 1.807) is 6.92 Å². The van der Waals surface area contributed by atoms with E-state index in [4.69, 9.17) is 0 Å². The molecule has 0 aromatic heterocycles. The molecule has 0 aliphatic rings. The Morgan fingerprint density at radius 3 is 2.73 bits per heavy atom. The number of rotatable bonds is 4. The van der Waals surface area contributed by atoms with Gasteiger partial charge in [-0.15, -0.1) is 6.58 Å². The molecule has 0 atom stereocenters. The summed E-state index contributed by atoms with van der Waals surface area (Å²) in [7, 11) is 1.98. The fourth-order valence-electron chi connectivity index (χ4n) is 1.33. The predicted molar refractivity (Wildman–Crippen MR) is 67.6 cm³/mol. The number of Topliss-reactive ketones (excluding diaryl/α,β-unsaturated/α-hetero) is 1. The van der Waals surface area contributed by atoms with Crippen molar-refractivity contribution in [2.75, 3.05) is 18.5 Å². The van der Waals surface area contributed by atoms with E-state index in [2.05, 4.69) is 27.4 Å². The van der Waals surface area contributed by atoms with Gasteiger partial charge in [0.1, 0.15) is 0 Å². The van der Waals surface area contributed by atoms with Crippen molar-refractivity contribution < 1.29 is 4.79 Å². The van der Waals surface area contributed by atoms with Crippen molar-refractivity contribution >= 4 is 27.4 Å². The molecule has 80 valence electrons. The van der Waals surface area contributed by atoms with Crippen molar-refractivity contribution in [1.29, 1.82) is 0 Å². The molecular formula is C12H14BrNO. The van der Waals surface area contributed by atoms with Gasteiger partial charge in [-0.3, -0.25) is 4.79 Å². The summed E-state index contributed by atoms with van der Waals surface area (Å²) in [4.78, 5) is 13.2. The molecule has 0 unspecified atom stereocenters. The van der Waals surface area contributed by atoms with E-state index in [9.17, 15) is 4.79 Å². The SMILES string of the molecule is C=CCN(C)c1ccc(C(C)=O)cc1Br. The summed E-state index contributed by atoms with van der Waals surface area (Å²) < 4.78 is 0.930. The number of anilines is 1. The van der Waals surface area contributed by atoms with Crippen LogP contribution >= 0.6 is 15.9 Å². The third-order valence-corrected chi connectivity index (χ3v) is 2.80. The number of likely N-dealkylation sites (N-methyl/N-ethyl adjacent to an activating group) is 1. The van der Waals surface area contributed by atoms with Crippen LogP contribution in [0.15, 0.2) is 35.3 Å². The van der Waals surface area contributed by atoms with Gasteiger partial charge in [0, 0.05) is 23.6 Å². The highest BCUT2D eigenvalue weighted by Crippen LogP contribution is 2.26. The van der Waals surface area contributed by atoms with Crippen LogP contribution in [0.2, 0.25) is 0 Å². The van der Waals surface area contributed by atoms with Gasteiger partial charge >= 0.3 is 0 Å². The van der Waals surface area contributed by atoms with Crippen LogP contribution in [0, 0.1) is 0 Å². The van der Waals surface area contributed by atoms with Gasteiger partial charge in [0.2, 0.25) is 0 Å². The maximum absolute atomic E-state index is 11.2. The molecule has 0 amide bonds. The van der Waals surface area contributed by atoms with Crippen molar-refractivity contribution in [2.45, 2.75) is 6.92 Å². The second-order valence-corrected chi connectivity index (χ2v) is 4.25. The lowest BCUT2D eigenvalue weighted by Gasteiger charge is -2.19. The highest BCUT2D eigenvalue weighted by atomic mass is 79.9. The minimum atomic E-state index is 0.0774. The molecule has 0 saturated carbocycles. The lowest BCUT2D eigenvalue weighted by Crippen LogP contribution is -2.17. The number of hydrogen-bond acceptors (Lipinski definition) is 2. The van der Waals surface area contributed by atoms with Crippen molar-refractivity contribution in [2.24, 2.45) is 0 Å². The Balaban J connectivity index is 3.02. The van der Waals surface area contributed by atoms with Crippen LogP contribution in [-0.2, 0) is 0 Å². The van der Waals surface area contributed by atoms with Crippen LogP contribution in [0.25, 0.3) is 0 Å². The second kappa shape index (κ2) is 5.12. The standard InChI is InChI=1S/C12H14BrNO/c1-4-7-14(3)12-6-5-10(9(2)15)8-11(12)13/h4-6,8H,1,7H2,2-3H3. The minimum absolute atomic E-state index is 0.0774. The lowest BCUT2D eigenvalue weighted by atomic mass is 10.1. The zero-order valence-electron chi connectivity index (χ0n) is 8.96. The Bertz CT molecular complexity index is 387. The average Bonchev–Trinajstić information content (AvgIpc) is 2.17. The van der Waals surface area contributed by atoms with Crippen LogP contribution in [0.4, 0.5) is 5.69 Å². The van der Waals surface area contributed by atoms with E-state index < -0.39 is 0 Å². The van der Waals surface area contributed by atoms with E-state index in [-0.39, 0.29) is 5.78 Å². The van der Waals surface area contributed by atoms with Crippen molar-refractivity contribution in [3.05, 3.63) is 40.9 Å². The monoisotopic (exact) mass is 267 g/mol. The number of halogens is 1. The van der Waals surface area contributed by atoms with Crippen LogP contribution in [0.3, 0.4) is 0 Å². The van der Waals surface area contributed by atoms with Gasteiger partial charge < -0.3 is 4.90 Å². The van der Waals surface area contributed by atoms with Crippen molar-refractivity contribution in [3.8, 4) is 0 Å². The largest absolute Gasteiger partial charge is 0.370 e. The highest BCUT2D eigenvalue weighted by molar-refractivity contribution is 9.10. The van der Waals surface area contributed by atoms with E-state index in [0.717, 1.165) is 22.3 Å². The predicted octanol–water partition coefficient (Wildman–Crippen LogP) is 3.27. The molecule has 0 heterocycles. The Morgan fingerprint density at radius 2 is 2.27 bits per heavy atom. The first-order valence-corrected chi connectivity index (χ1v) is 5.48. The number of benzene rings is 1. The van der Waals surface area contributed by atoms with Gasteiger partial charge in [-0.25, -0.2) is 0 Å². The molecule has 0 spiro atoms. The summed E-state index contributed by atoms with van der Waals surface area (Å²) in [6.45, 7) is 6.03. The Hall–Kier alpha value is -1.09. The number of hydrogen-bond donors (Lipinski definition) is 0. The van der Waals surface area contributed by atoms with E-state index in [1.807, 2.05) is 31.3 Å². The topological polar surface area (TPSA) is 20.3 Å². The van der Waals surface area contributed by atoms with E-state index in [0.29, 0.717) is 0 Å². The number of ketones is 1. The quantitative estimate of drug-likeness (QED) is 0.617. The number of carbonyl (C=O) groups is 1.